The molecular weight excluding hydrogens is 294 g/mol. The Bertz CT molecular complexity index is 793. The first-order valence-electron chi connectivity index (χ1n) is 7.11. The largest absolute Gasteiger partial charge is 0.276 e. The summed E-state index contributed by atoms with van der Waals surface area (Å²) in [5.41, 5.74) is 3.59. The van der Waals surface area contributed by atoms with Gasteiger partial charge in [-0.1, -0.05) is 42.5 Å². The molecule has 0 aliphatic carbocycles. The van der Waals surface area contributed by atoms with Crippen LogP contribution in [-0.2, 0) is 10.0 Å². The van der Waals surface area contributed by atoms with Gasteiger partial charge in [-0.15, -0.1) is 0 Å². The molecule has 0 saturated carbocycles. The van der Waals surface area contributed by atoms with Gasteiger partial charge in [-0.25, -0.2) is 8.42 Å². The summed E-state index contributed by atoms with van der Waals surface area (Å²) in [4.78, 5) is 0.354. The molecule has 22 heavy (non-hydrogen) atoms. The molecule has 0 fully saturated rings. The van der Waals surface area contributed by atoms with Gasteiger partial charge in [0.2, 0.25) is 0 Å². The Hall–Kier alpha value is -2.07. The lowest BCUT2D eigenvalue weighted by atomic mass is 10.1. The number of rotatable bonds is 4. The summed E-state index contributed by atoms with van der Waals surface area (Å²) in [7, 11) is -1.97. The zero-order chi connectivity index (χ0) is 16.3. The molecule has 2 aromatic rings. The summed E-state index contributed by atoms with van der Waals surface area (Å²) in [6.07, 6.45) is 1.66. The average Bonchev–Trinajstić information content (AvgIpc) is 2.50. The van der Waals surface area contributed by atoms with Gasteiger partial charge in [0, 0.05) is 13.2 Å². The van der Waals surface area contributed by atoms with E-state index in [1.54, 1.807) is 19.3 Å². The van der Waals surface area contributed by atoms with E-state index >= 15 is 0 Å². The molecule has 2 aromatic carbocycles. The number of hydrogen-bond donors (Lipinski definition) is 0. The van der Waals surface area contributed by atoms with Gasteiger partial charge in [-0.2, -0.15) is 0 Å². The average molecular weight is 315 g/mol. The van der Waals surface area contributed by atoms with Crippen LogP contribution in [0.25, 0.3) is 5.57 Å². The summed E-state index contributed by atoms with van der Waals surface area (Å²) in [5.74, 6) is 0. The highest BCUT2D eigenvalue weighted by Gasteiger charge is 2.21. The predicted octanol–water partition coefficient (Wildman–Crippen LogP) is 3.98. The van der Waals surface area contributed by atoms with Gasteiger partial charge in [-0.3, -0.25) is 4.31 Å². The molecular formula is C18H21NO2S. The molecule has 3 nitrogen and oxygen atoms in total. The molecule has 4 heteroatoms. The van der Waals surface area contributed by atoms with E-state index in [0.717, 1.165) is 22.3 Å². The minimum Gasteiger partial charge on any atom is -0.276 e. The third kappa shape index (κ3) is 3.39. The molecule has 0 aliphatic rings. The Kier molecular flexibility index (Phi) is 4.71. The summed E-state index contributed by atoms with van der Waals surface area (Å²) >= 11 is 0. The minimum atomic E-state index is -3.54. The van der Waals surface area contributed by atoms with E-state index in [4.69, 9.17) is 0 Å². The summed E-state index contributed by atoms with van der Waals surface area (Å²) < 4.78 is 26.8. The molecule has 0 atom stereocenters. The number of allylic oxidation sites excluding steroid dienone is 1. The fourth-order valence-corrected chi connectivity index (χ4v) is 3.67. The molecule has 0 spiro atoms. The lowest BCUT2D eigenvalue weighted by molar-refractivity contribution is 0.538. The van der Waals surface area contributed by atoms with Crippen molar-refractivity contribution < 1.29 is 8.42 Å². The van der Waals surface area contributed by atoms with Crippen molar-refractivity contribution in [2.24, 2.45) is 0 Å². The Morgan fingerprint density at radius 3 is 2.32 bits per heavy atom. The maximum Gasteiger partial charge on any atom is 0.263 e. The minimum absolute atomic E-state index is 0.354. The summed E-state index contributed by atoms with van der Waals surface area (Å²) in [6, 6.07) is 15.2. The molecule has 0 aliphatic heterocycles. The second kappa shape index (κ2) is 6.36. The van der Waals surface area contributed by atoms with Crippen molar-refractivity contribution in [3.8, 4) is 0 Å². The number of benzene rings is 2. The van der Waals surface area contributed by atoms with Gasteiger partial charge in [0.15, 0.2) is 0 Å². The van der Waals surface area contributed by atoms with Gasteiger partial charge in [0.25, 0.3) is 10.0 Å². The lowest BCUT2D eigenvalue weighted by Gasteiger charge is -2.18. The SMILES string of the molecule is C/C(=C\N(C)S(=O)(=O)c1cc(C)ccc1C)c1ccccc1. The third-order valence-corrected chi connectivity index (χ3v) is 5.46. The summed E-state index contributed by atoms with van der Waals surface area (Å²) in [5, 5.41) is 0. The van der Waals surface area contributed by atoms with Crippen LogP contribution in [0.2, 0.25) is 0 Å². The van der Waals surface area contributed by atoms with E-state index in [-0.39, 0.29) is 0 Å². The van der Waals surface area contributed by atoms with Gasteiger partial charge >= 0.3 is 0 Å². The fourth-order valence-electron chi connectivity index (χ4n) is 2.26. The second-order valence-corrected chi connectivity index (χ2v) is 7.43. The lowest BCUT2D eigenvalue weighted by Crippen LogP contribution is -2.22. The van der Waals surface area contributed by atoms with Crippen molar-refractivity contribution in [2.75, 3.05) is 7.05 Å². The Labute approximate surface area is 133 Å². The maximum atomic E-state index is 12.8. The van der Waals surface area contributed by atoms with Crippen molar-refractivity contribution in [1.29, 1.82) is 0 Å². The van der Waals surface area contributed by atoms with Crippen LogP contribution in [0.4, 0.5) is 0 Å². The van der Waals surface area contributed by atoms with Crippen LogP contribution < -0.4 is 0 Å². The highest BCUT2D eigenvalue weighted by atomic mass is 32.2. The predicted molar refractivity (Wildman–Crippen MR) is 91.0 cm³/mol. The molecule has 0 saturated heterocycles. The van der Waals surface area contributed by atoms with Crippen LogP contribution in [0, 0.1) is 13.8 Å². The monoisotopic (exact) mass is 315 g/mol. The quantitative estimate of drug-likeness (QED) is 0.855. The first-order valence-corrected chi connectivity index (χ1v) is 8.55. The zero-order valence-corrected chi connectivity index (χ0v) is 14.2. The Balaban J connectivity index is 2.39. The topological polar surface area (TPSA) is 37.4 Å². The number of hydrogen-bond acceptors (Lipinski definition) is 2. The van der Waals surface area contributed by atoms with Crippen molar-refractivity contribution >= 4 is 15.6 Å². The Morgan fingerprint density at radius 2 is 1.68 bits per heavy atom. The van der Waals surface area contributed by atoms with E-state index in [1.807, 2.05) is 63.2 Å². The van der Waals surface area contributed by atoms with Crippen LogP contribution in [-0.4, -0.2) is 19.8 Å². The van der Waals surface area contributed by atoms with Crippen molar-refractivity contribution in [1.82, 2.24) is 4.31 Å². The summed E-state index contributed by atoms with van der Waals surface area (Å²) in [6.45, 7) is 5.61. The van der Waals surface area contributed by atoms with E-state index in [9.17, 15) is 8.42 Å². The smallest absolute Gasteiger partial charge is 0.263 e. The molecule has 0 unspecified atom stereocenters. The standard InChI is InChI=1S/C18H21NO2S/c1-14-10-11-15(2)18(12-14)22(20,21)19(4)13-16(3)17-8-6-5-7-9-17/h5-13H,1-4H3/b16-13+. The molecule has 2 rings (SSSR count). The van der Waals surface area contributed by atoms with Gasteiger partial charge in [0.05, 0.1) is 4.90 Å². The number of sulfonamides is 1. The maximum absolute atomic E-state index is 12.8. The van der Waals surface area contributed by atoms with E-state index in [2.05, 4.69) is 0 Å². The molecule has 0 amide bonds. The molecule has 0 N–H and O–H groups in total. The fraction of sp³-hybridized carbons (Fsp3) is 0.222. The molecule has 0 aromatic heterocycles. The van der Waals surface area contributed by atoms with E-state index in [0.29, 0.717) is 4.90 Å². The normalized spacial score (nSPS) is 12.3. The van der Waals surface area contributed by atoms with Crippen LogP contribution in [0.3, 0.4) is 0 Å². The number of aryl methyl sites for hydroxylation is 2. The van der Waals surface area contributed by atoms with E-state index < -0.39 is 10.0 Å². The van der Waals surface area contributed by atoms with Crippen molar-refractivity contribution in [3.05, 3.63) is 71.4 Å². The second-order valence-electron chi connectivity index (χ2n) is 5.47. The van der Waals surface area contributed by atoms with Crippen molar-refractivity contribution in [3.63, 3.8) is 0 Å². The first-order chi connectivity index (χ1) is 10.3. The van der Waals surface area contributed by atoms with Crippen molar-refractivity contribution in [2.45, 2.75) is 25.7 Å². The highest BCUT2D eigenvalue weighted by Crippen LogP contribution is 2.22. The number of nitrogens with zero attached hydrogens (tertiary/aromatic N) is 1. The van der Waals surface area contributed by atoms with Crippen LogP contribution in [0.15, 0.2) is 59.6 Å². The van der Waals surface area contributed by atoms with Crippen LogP contribution >= 0.6 is 0 Å². The van der Waals surface area contributed by atoms with Crippen LogP contribution in [0.1, 0.15) is 23.6 Å². The first kappa shape index (κ1) is 16.3. The van der Waals surface area contributed by atoms with E-state index in [1.165, 1.54) is 4.31 Å². The third-order valence-electron chi connectivity index (χ3n) is 3.61. The molecule has 116 valence electrons. The zero-order valence-electron chi connectivity index (χ0n) is 13.4. The van der Waals surface area contributed by atoms with Gasteiger partial charge in [0.1, 0.15) is 0 Å². The van der Waals surface area contributed by atoms with Crippen LogP contribution in [0.5, 0.6) is 0 Å². The highest BCUT2D eigenvalue weighted by molar-refractivity contribution is 7.89. The molecule has 0 radical (unpaired) electrons. The van der Waals surface area contributed by atoms with Gasteiger partial charge < -0.3 is 0 Å². The molecule has 0 heterocycles. The molecule has 0 bridgehead atoms. The van der Waals surface area contributed by atoms with Gasteiger partial charge in [-0.05, 0) is 49.1 Å². The Morgan fingerprint density at radius 1 is 1.05 bits per heavy atom.